The summed E-state index contributed by atoms with van der Waals surface area (Å²) in [5.41, 5.74) is 0.174. The van der Waals surface area contributed by atoms with Crippen molar-refractivity contribution in [1.29, 1.82) is 0 Å². The standard InChI is InChI=1S/C12H16N2O3/c1-12(11(15)16-3)8-10(14(2)17-12)9-4-6-13-7-5-9/h4-7,10H,8H2,1-3H3/t10-,12+/m0/s1. The van der Waals surface area contributed by atoms with Gasteiger partial charge in [0.05, 0.1) is 13.2 Å². The Morgan fingerprint density at radius 2 is 2.24 bits per heavy atom. The minimum Gasteiger partial charge on any atom is -0.467 e. The van der Waals surface area contributed by atoms with Crippen molar-refractivity contribution < 1.29 is 14.4 Å². The number of hydroxylamine groups is 2. The van der Waals surface area contributed by atoms with Gasteiger partial charge in [-0.05, 0) is 24.6 Å². The maximum absolute atomic E-state index is 11.7. The highest BCUT2D eigenvalue weighted by Gasteiger charge is 2.47. The fourth-order valence-corrected chi connectivity index (χ4v) is 2.17. The number of nitrogens with zero attached hydrogens (tertiary/aromatic N) is 2. The lowest BCUT2D eigenvalue weighted by atomic mass is 9.94. The molecule has 0 aromatic carbocycles. The molecular weight excluding hydrogens is 220 g/mol. The van der Waals surface area contributed by atoms with Crippen LogP contribution in [0.5, 0.6) is 0 Å². The first kappa shape index (κ1) is 12.0. The van der Waals surface area contributed by atoms with Gasteiger partial charge in [0.2, 0.25) is 0 Å². The van der Waals surface area contributed by atoms with Crippen molar-refractivity contribution in [2.45, 2.75) is 25.0 Å². The molecule has 2 heterocycles. The van der Waals surface area contributed by atoms with Gasteiger partial charge < -0.3 is 4.74 Å². The summed E-state index contributed by atoms with van der Waals surface area (Å²) in [6.45, 7) is 1.75. The van der Waals surface area contributed by atoms with Gasteiger partial charge in [0.1, 0.15) is 0 Å². The Balaban J connectivity index is 2.21. The van der Waals surface area contributed by atoms with Crippen molar-refractivity contribution in [2.75, 3.05) is 14.2 Å². The van der Waals surface area contributed by atoms with Gasteiger partial charge in [-0.25, -0.2) is 4.79 Å². The number of carbonyl (C=O) groups is 1. The molecule has 0 aliphatic carbocycles. The maximum atomic E-state index is 11.7. The summed E-state index contributed by atoms with van der Waals surface area (Å²) >= 11 is 0. The summed E-state index contributed by atoms with van der Waals surface area (Å²) in [5.74, 6) is -0.346. The van der Waals surface area contributed by atoms with Crippen LogP contribution < -0.4 is 0 Å². The maximum Gasteiger partial charge on any atom is 0.340 e. The van der Waals surface area contributed by atoms with Crippen LogP contribution in [0, 0.1) is 0 Å². The van der Waals surface area contributed by atoms with E-state index in [0.29, 0.717) is 6.42 Å². The van der Waals surface area contributed by atoms with E-state index in [-0.39, 0.29) is 12.0 Å². The molecule has 1 aliphatic rings. The van der Waals surface area contributed by atoms with E-state index >= 15 is 0 Å². The first-order chi connectivity index (χ1) is 8.07. The van der Waals surface area contributed by atoms with Gasteiger partial charge in [0, 0.05) is 25.9 Å². The topological polar surface area (TPSA) is 51.7 Å². The molecule has 1 fully saturated rings. The average molecular weight is 236 g/mol. The molecule has 1 aromatic rings. The Kier molecular flexibility index (Phi) is 3.13. The average Bonchev–Trinajstić information content (AvgIpc) is 2.66. The lowest BCUT2D eigenvalue weighted by Gasteiger charge is -2.20. The number of pyridine rings is 1. The Morgan fingerprint density at radius 3 is 2.82 bits per heavy atom. The van der Waals surface area contributed by atoms with E-state index in [4.69, 9.17) is 9.57 Å². The molecule has 17 heavy (non-hydrogen) atoms. The van der Waals surface area contributed by atoms with Crippen molar-refractivity contribution in [1.82, 2.24) is 10.0 Å². The number of rotatable bonds is 2. The highest BCUT2D eigenvalue weighted by Crippen LogP contribution is 2.39. The summed E-state index contributed by atoms with van der Waals surface area (Å²) in [6, 6.07) is 3.89. The molecule has 0 spiro atoms. The molecule has 0 saturated carbocycles. The molecule has 1 saturated heterocycles. The smallest absolute Gasteiger partial charge is 0.340 e. The fraction of sp³-hybridized carbons (Fsp3) is 0.500. The molecule has 1 aromatic heterocycles. The number of aromatic nitrogens is 1. The normalized spacial score (nSPS) is 29.2. The van der Waals surface area contributed by atoms with E-state index in [1.165, 1.54) is 7.11 Å². The highest BCUT2D eigenvalue weighted by atomic mass is 16.7. The molecular formula is C12H16N2O3. The van der Waals surface area contributed by atoms with Crippen LogP contribution in [0.1, 0.15) is 24.9 Å². The summed E-state index contributed by atoms with van der Waals surface area (Å²) in [7, 11) is 3.19. The van der Waals surface area contributed by atoms with Crippen LogP contribution in [-0.4, -0.2) is 35.8 Å². The van der Waals surface area contributed by atoms with Crippen LogP contribution in [0.25, 0.3) is 0 Å². The van der Waals surface area contributed by atoms with Crippen LogP contribution in [-0.2, 0) is 14.4 Å². The third kappa shape index (κ3) is 2.16. The largest absolute Gasteiger partial charge is 0.467 e. The fourth-order valence-electron chi connectivity index (χ4n) is 2.17. The number of ether oxygens (including phenoxy) is 1. The second-order valence-corrected chi connectivity index (χ2v) is 4.36. The molecule has 0 unspecified atom stereocenters. The molecule has 5 nitrogen and oxygen atoms in total. The number of esters is 1. The predicted molar refractivity (Wildman–Crippen MR) is 60.9 cm³/mol. The minimum absolute atomic E-state index is 0.0436. The lowest BCUT2D eigenvalue weighted by Crippen LogP contribution is -2.36. The Morgan fingerprint density at radius 1 is 1.59 bits per heavy atom. The molecule has 5 heteroatoms. The van der Waals surface area contributed by atoms with E-state index in [1.54, 1.807) is 24.4 Å². The van der Waals surface area contributed by atoms with E-state index in [1.807, 2.05) is 19.2 Å². The van der Waals surface area contributed by atoms with Crippen molar-refractivity contribution in [2.24, 2.45) is 0 Å². The molecule has 92 valence electrons. The number of hydrogen-bond acceptors (Lipinski definition) is 5. The molecule has 2 atom stereocenters. The van der Waals surface area contributed by atoms with Crippen LogP contribution in [0.4, 0.5) is 0 Å². The lowest BCUT2D eigenvalue weighted by molar-refractivity contribution is -0.205. The van der Waals surface area contributed by atoms with Crippen LogP contribution in [0.2, 0.25) is 0 Å². The first-order valence-corrected chi connectivity index (χ1v) is 5.47. The van der Waals surface area contributed by atoms with Gasteiger partial charge in [0.25, 0.3) is 0 Å². The zero-order valence-corrected chi connectivity index (χ0v) is 10.2. The molecule has 0 amide bonds. The van der Waals surface area contributed by atoms with Crippen molar-refractivity contribution in [3.63, 3.8) is 0 Å². The van der Waals surface area contributed by atoms with Gasteiger partial charge in [-0.1, -0.05) is 0 Å². The highest BCUT2D eigenvalue weighted by molar-refractivity contribution is 5.79. The Hall–Kier alpha value is -1.46. The van der Waals surface area contributed by atoms with Crippen molar-refractivity contribution in [3.8, 4) is 0 Å². The monoisotopic (exact) mass is 236 g/mol. The Labute approximate surface area is 100 Å². The van der Waals surface area contributed by atoms with Gasteiger partial charge in [0.15, 0.2) is 5.60 Å². The van der Waals surface area contributed by atoms with Crippen molar-refractivity contribution >= 4 is 5.97 Å². The van der Waals surface area contributed by atoms with Crippen LogP contribution in [0.3, 0.4) is 0 Å². The molecule has 1 aliphatic heterocycles. The second kappa shape index (κ2) is 4.43. The number of hydrogen-bond donors (Lipinski definition) is 0. The summed E-state index contributed by atoms with van der Waals surface area (Å²) in [4.78, 5) is 21.3. The molecule has 0 N–H and O–H groups in total. The zero-order chi connectivity index (χ0) is 12.5. The molecule has 2 rings (SSSR count). The number of methoxy groups -OCH3 is 1. The zero-order valence-electron chi connectivity index (χ0n) is 10.2. The second-order valence-electron chi connectivity index (χ2n) is 4.36. The van der Waals surface area contributed by atoms with E-state index in [0.717, 1.165) is 5.56 Å². The van der Waals surface area contributed by atoms with Crippen molar-refractivity contribution in [3.05, 3.63) is 30.1 Å². The van der Waals surface area contributed by atoms with Gasteiger partial charge in [-0.15, -0.1) is 0 Å². The summed E-state index contributed by atoms with van der Waals surface area (Å²) in [6.07, 6.45) is 4.04. The molecule has 0 radical (unpaired) electrons. The van der Waals surface area contributed by atoms with E-state index in [9.17, 15) is 4.79 Å². The van der Waals surface area contributed by atoms with Gasteiger partial charge >= 0.3 is 5.97 Å². The van der Waals surface area contributed by atoms with E-state index < -0.39 is 5.60 Å². The molecule has 0 bridgehead atoms. The quantitative estimate of drug-likeness (QED) is 0.725. The van der Waals surface area contributed by atoms with Gasteiger partial charge in [-0.3, -0.25) is 9.82 Å². The van der Waals surface area contributed by atoms with Crippen LogP contribution >= 0.6 is 0 Å². The summed E-state index contributed by atoms with van der Waals surface area (Å²) < 4.78 is 4.77. The van der Waals surface area contributed by atoms with Gasteiger partial charge in [-0.2, -0.15) is 5.06 Å². The van der Waals surface area contributed by atoms with E-state index in [2.05, 4.69) is 4.98 Å². The third-order valence-electron chi connectivity index (χ3n) is 3.08. The summed E-state index contributed by atoms with van der Waals surface area (Å²) in [5, 5.41) is 1.70. The Bertz CT molecular complexity index is 409. The SMILES string of the molecule is COC(=O)[C@@]1(C)C[C@@H](c2ccncc2)N(C)O1. The third-order valence-corrected chi connectivity index (χ3v) is 3.08. The van der Waals surface area contributed by atoms with Crippen LogP contribution in [0.15, 0.2) is 24.5 Å². The minimum atomic E-state index is -0.905. The number of carbonyl (C=O) groups excluding carboxylic acids is 1. The first-order valence-electron chi connectivity index (χ1n) is 5.47. The predicted octanol–water partition coefficient (Wildman–Crippen LogP) is 1.32.